The Balaban J connectivity index is 2.37. The molecule has 0 aliphatic heterocycles. The average Bonchev–Trinajstić information content (AvgIpc) is 2.65. The van der Waals surface area contributed by atoms with E-state index in [2.05, 4.69) is 15.5 Å². The van der Waals surface area contributed by atoms with Gasteiger partial charge < -0.3 is 16.2 Å². The van der Waals surface area contributed by atoms with Crippen molar-refractivity contribution in [2.24, 2.45) is 0 Å². The normalized spacial score (nSPS) is 12.9. The van der Waals surface area contributed by atoms with Crippen LogP contribution < -0.4 is 11.1 Å². The number of anilines is 2. The smallest absolute Gasteiger partial charge is 0.0672 e. The predicted octanol–water partition coefficient (Wildman–Crippen LogP) is 0.938. The van der Waals surface area contributed by atoms with Crippen molar-refractivity contribution in [2.75, 3.05) is 17.7 Å². The lowest BCUT2D eigenvalue weighted by molar-refractivity contribution is 0.281. The number of rotatable bonds is 3. The van der Waals surface area contributed by atoms with Gasteiger partial charge in [0.05, 0.1) is 29.7 Å². The number of aliphatic hydroxyl groups excluding tert-OH is 1. The maximum Gasteiger partial charge on any atom is 0.0672 e. The number of nitrogens with zero attached hydrogens (tertiary/aromatic N) is 1. The number of nitrogens with two attached hydrogens (primary N) is 1. The third-order valence-corrected chi connectivity index (χ3v) is 2.29. The van der Waals surface area contributed by atoms with Crippen LogP contribution in [0.5, 0.6) is 0 Å². The number of hydrogen-bond acceptors (Lipinski definition) is 4. The van der Waals surface area contributed by atoms with E-state index in [0.717, 1.165) is 16.6 Å². The van der Waals surface area contributed by atoms with E-state index < -0.39 is 0 Å². The maximum atomic E-state index is 8.94. The van der Waals surface area contributed by atoms with Gasteiger partial charge in [0.15, 0.2) is 0 Å². The molecule has 1 aromatic carbocycles. The molecule has 2 aromatic rings. The van der Waals surface area contributed by atoms with Gasteiger partial charge in [-0.05, 0) is 19.1 Å². The van der Waals surface area contributed by atoms with Crippen LogP contribution in [0.15, 0.2) is 18.3 Å². The number of aromatic nitrogens is 2. The van der Waals surface area contributed by atoms with Crippen molar-refractivity contribution in [2.45, 2.75) is 13.0 Å². The summed E-state index contributed by atoms with van der Waals surface area (Å²) in [4.78, 5) is 0. The van der Waals surface area contributed by atoms with Crippen LogP contribution in [-0.4, -0.2) is 28.0 Å². The second-order valence-corrected chi connectivity index (χ2v) is 3.62. The summed E-state index contributed by atoms with van der Waals surface area (Å²) in [5.41, 5.74) is 8.26. The van der Waals surface area contributed by atoms with Gasteiger partial charge in [0.1, 0.15) is 0 Å². The monoisotopic (exact) mass is 206 g/mol. The Labute approximate surface area is 87.3 Å². The summed E-state index contributed by atoms with van der Waals surface area (Å²) in [5.74, 6) is 0. The summed E-state index contributed by atoms with van der Waals surface area (Å²) in [6.45, 7) is 1.96. The largest absolute Gasteiger partial charge is 0.397 e. The molecule has 2 rings (SSSR count). The van der Waals surface area contributed by atoms with E-state index in [1.54, 1.807) is 6.20 Å². The minimum absolute atomic E-state index is 0.0207. The van der Waals surface area contributed by atoms with Crippen molar-refractivity contribution in [1.82, 2.24) is 10.2 Å². The molecule has 5 heteroatoms. The predicted molar refractivity (Wildman–Crippen MR) is 60.7 cm³/mol. The molecular weight excluding hydrogens is 192 g/mol. The first-order valence-electron chi connectivity index (χ1n) is 4.80. The molecule has 1 unspecified atom stereocenters. The Kier molecular flexibility index (Phi) is 2.47. The van der Waals surface area contributed by atoms with E-state index in [9.17, 15) is 0 Å². The second kappa shape index (κ2) is 3.78. The Hall–Kier alpha value is -1.75. The molecule has 0 saturated carbocycles. The van der Waals surface area contributed by atoms with Crippen LogP contribution in [0.2, 0.25) is 0 Å². The summed E-state index contributed by atoms with van der Waals surface area (Å²) in [6.07, 6.45) is 1.73. The zero-order chi connectivity index (χ0) is 10.8. The van der Waals surface area contributed by atoms with E-state index >= 15 is 0 Å². The third-order valence-electron chi connectivity index (χ3n) is 2.29. The molecule has 1 atom stereocenters. The van der Waals surface area contributed by atoms with Gasteiger partial charge in [-0.3, -0.25) is 5.10 Å². The molecule has 15 heavy (non-hydrogen) atoms. The van der Waals surface area contributed by atoms with Crippen LogP contribution in [0.3, 0.4) is 0 Å². The quantitative estimate of drug-likeness (QED) is 0.563. The molecule has 5 nitrogen and oxygen atoms in total. The summed E-state index contributed by atoms with van der Waals surface area (Å²) in [7, 11) is 0. The lowest BCUT2D eigenvalue weighted by atomic mass is 10.2. The van der Waals surface area contributed by atoms with Crippen molar-refractivity contribution < 1.29 is 5.11 Å². The molecule has 0 fully saturated rings. The van der Waals surface area contributed by atoms with Gasteiger partial charge in [0, 0.05) is 11.4 Å². The molecule has 0 aliphatic rings. The van der Waals surface area contributed by atoms with Gasteiger partial charge in [-0.25, -0.2) is 0 Å². The Morgan fingerprint density at radius 1 is 1.60 bits per heavy atom. The number of fused-ring (bicyclic) bond motifs is 1. The first kappa shape index (κ1) is 9.79. The van der Waals surface area contributed by atoms with Crippen LogP contribution in [-0.2, 0) is 0 Å². The van der Waals surface area contributed by atoms with Gasteiger partial charge >= 0.3 is 0 Å². The highest BCUT2D eigenvalue weighted by atomic mass is 16.3. The number of aliphatic hydroxyl groups is 1. The van der Waals surface area contributed by atoms with E-state index in [-0.39, 0.29) is 12.6 Å². The topological polar surface area (TPSA) is 87.0 Å². The molecule has 0 bridgehead atoms. The highest BCUT2D eigenvalue weighted by Crippen LogP contribution is 2.24. The van der Waals surface area contributed by atoms with Crippen LogP contribution in [0.1, 0.15) is 6.92 Å². The first-order valence-corrected chi connectivity index (χ1v) is 4.80. The standard InChI is InChI=1S/C10H14N4O/c1-6(5-15)13-10-3-9-7(2-8(10)11)4-12-14-9/h2-4,6,13,15H,5,11H2,1H3,(H,12,14). The maximum absolute atomic E-state index is 8.94. The number of H-pyrrole nitrogens is 1. The summed E-state index contributed by atoms with van der Waals surface area (Å²) in [5, 5.41) is 19.8. The van der Waals surface area contributed by atoms with Crippen molar-refractivity contribution >= 4 is 22.3 Å². The van der Waals surface area contributed by atoms with Gasteiger partial charge in [-0.1, -0.05) is 0 Å². The highest BCUT2D eigenvalue weighted by Gasteiger charge is 2.06. The lowest BCUT2D eigenvalue weighted by Gasteiger charge is -2.14. The lowest BCUT2D eigenvalue weighted by Crippen LogP contribution is -2.19. The van der Waals surface area contributed by atoms with E-state index in [1.165, 1.54) is 0 Å². The number of aromatic amines is 1. The van der Waals surface area contributed by atoms with E-state index in [1.807, 2.05) is 19.1 Å². The number of nitrogen functional groups attached to an aromatic ring is 1. The van der Waals surface area contributed by atoms with Crippen molar-refractivity contribution in [3.63, 3.8) is 0 Å². The number of nitrogens with one attached hydrogen (secondary N) is 2. The zero-order valence-corrected chi connectivity index (χ0v) is 8.49. The minimum Gasteiger partial charge on any atom is -0.397 e. The van der Waals surface area contributed by atoms with Crippen molar-refractivity contribution in [1.29, 1.82) is 0 Å². The Morgan fingerprint density at radius 3 is 3.13 bits per heavy atom. The summed E-state index contributed by atoms with van der Waals surface area (Å²) < 4.78 is 0. The molecule has 80 valence electrons. The van der Waals surface area contributed by atoms with E-state index in [0.29, 0.717) is 5.69 Å². The summed E-state index contributed by atoms with van der Waals surface area (Å²) >= 11 is 0. The van der Waals surface area contributed by atoms with Gasteiger partial charge in [0.2, 0.25) is 0 Å². The van der Waals surface area contributed by atoms with Gasteiger partial charge in [-0.15, -0.1) is 0 Å². The van der Waals surface area contributed by atoms with Gasteiger partial charge in [-0.2, -0.15) is 5.10 Å². The Bertz CT molecular complexity index is 465. The summed E-state index contributed by atoms with van der Waals surface area (Å²) in [6, 6.07) is 3.72. The average molecular weight is 206 g/mol. The second-order valence-electron chi connectivity index (χ2n) is 3.62. The fraction of sp³-hybridized carbons (Fsp3) is 0.300. The number of hydrogen-bond donors (Lipinski definition) is 4. The van der Waals surface area contributed by atoms with Gasteiger partial charge in [0.25, 0.3) is 0 Å². The zero-order valence-electron chi connectivity index (χ0n) is 8.49. The van der Waals surface area contributed by atoms with E-state index in [4.69, 9.17) is 10.8 Å². The molecule has 1 heterocycles. The molecule has 0 spiro atoms. The molecule has 1 aromatic heterocycles. The van der Waals surface area contributed by atoms with Crippen LogP contribution >= 0.6 is 0 Å². The fourth-order valence-corrected chi connectivity index (χ4v) is 1.45. The molecular formula is C10H14N4O. The Morgan fingerprint density at radius 2 is 2.40 bits per heavy atom. The molecule has 5 N–H and O–H groups in total. The fourth-order valence-electron chi connectivity index (χ4n) is 1.45. The number of benzene rings is 1. The van der Waals surface area contributed by atoms with Crippen molar-refractivity contribution in [3.05, 3.63) is 18.3 Å². The molecule has 0 amide bonds. The molecule has 0 aliphatic carbocycles. The van der Waals surface area contributed by atoms with Crippen LogP contribution in [0.25, 0.3) is 10.9 Å². The SMILES string of the molecule is CC(CO)Nc1cc2[nH]ncc2cc1N. The third kappa shape index (κ3) is 1.87. The first-order chi connectivity index (χ1) is 7.20. The van der Waals surface area contributed by atoms with Crippen LogP contribution in [0, 0.1) is 0 Å². The van der Waals surface area contributed by atoms with Crippen LogP contribution in [0.4, 0.5) is 11.4 Å². The van der Waals surface area contributed by atoms with Crippen molar-refractivity contribution in [3.8, 4) is 0 Å². The minimum atomic E-state index is -0.0207. The molecule has 0 saturated heterocycles. The molecule has 0 radical (unpaired) electrons. The highest BCUT2D eigenvalue weighted by molar-refractivity contribution is 5.88.